The van der Waals surface area contributed by atoms with Crippen LogP contribution >= 0.6 is 23.2 Å². The van der Waals surface area contributed by atoms with E-state index in [2.05, 4.69) is 19.0 Å². The maximum absolute atomic E-state index is 5.68. The van der Waals surface area contributed by atoms with Gasteiger partial charge in [-0.1, -0.05) is 84.7 Å². The van der Waals surface area contributed by atoms with E-state index in [1.165, 1.54) is 32.1 Å². The molecule has 1 fully saturated rings. The van der Waals surface area contributed by atoms with E-state index < -0.39 is 0 Å². The fraction of sp³-hybridized carbons (Fsp3) is 0.700. The number of benzene rings is 1. The lowest BCUT2D eigenvalue weighted by Crippen LogP contribution is -2.29. The van der Waals surface area contributed by atoms with Gasteiger partial charge >= 0.3 is 0 Å². The molecule has 0 atom stereocenters. The zero-order valence-electron chi connectivity index (χ0n) is 13.5. The molecule has 2 rings (SSSR count). The first kappa shape index (κ1) is 30.6. The molecule has 0 unspecified atom stereocenters. The van der Waals surface area contributed by atoms with Crippen LogP contribution in [0.25, 0.3) is 0 Å². The van der Waals surface area contributed by atoms with Gasteiger partial charge in [-0.25, -0.2) is 0 Å². The molecule has 1 aliphatic carbocycles. The van der Waals surface area contributed by atoms with Gasteiger partial charge in [-0.3, -0.25) is 0 Å². The fourth-order valence-electron chi connectivity index (χ4n) is 2.20. The minimum Gasteiger partial charge on any atom is -0.306 e. The molecule has 0 bridgehead atoms. The summed E-state index contributed by atoms with van der Waals surface area (Å²) in [6.45, 7) is 5.97. The SMILES string of the molecule is C.C.C.CC.CN(C)C1CCCCC1.Cc1ccc(Cl)c(Cl)c1. The lowest BCUT2D eigenvalue weighted by molar-refractivity contribution is 0.229. The van der Waals surface area contributed by atoms with Crippen LogP contribution in [0.3, 0.4) is 0 Å². The van der Waals surface area contributed by atoms with Gasteiger partial charge < -0.3 is 4.90 Å². The average Bonchev–Trinajstić information content (AvgIpc) is 2.47. The van der Waals surface area contributed by atoms with Gasteiger partial charge in [0.25, 0.3) is 0 Å². The zero-order chi connectivity index (χ0) is 15.5. The molecule has 1 nitrogen and oxygen atoms in total. The number of aryl methyl sites for hydroxylation is 1. The van der Waals surface area contributed by atoms with Crippen LogP contribution in [-0.4, -0.2) is 25.0 Å². The lowest BCUT2D eigenvalue weighted by Gasteiger charge is -2.27. The summed E-state index contributed by atoms with van der Waals surface area (Å²) in [6, 6.07) is 6.44. The molecule has 0 aromatic heterocycles. The maximum atomic E-state index is 5.68. The van der Waals surface area contributed by atoms with Crippen molar-refractivity contribution in [3.8, 4) is 0 Å². The van der Waals surface area contributed by atoms with Crippen LogP contribution in [0.15, 0.2) is 18.2 Å². The van der Waals surface area contributed by atoms with E-state index in [1.54, 1.807) is 6.07 Å². The highest BCUT2D eigenvalue weighted by Crippen LogP contribution is 2.21. The van der Waals surface area contributed by atoms with E-state index in [4.69, 9.17) is 23.2 Å². The minimum absolute atomic E-state index is 0. The van der Waals surface area contributed by atoms with Gasteiger partial charge in [-0.2, -0.15) is 0 Å². The van der Waals surface area contributed by atoms with Gasteiger partial charge in [-0.05, 0) is 51.6 Å². The minimum atomic E-state index is 0. The van der Waals surface area contributed by atoms with Crippen molar-refractivity contribution in [2.24, 2.45) is 0 Å². The summed E-state index contributed by atoms with van der Waals surface area (Å²) in [6.07, 6.45) is 7.20. The normalized spacial score (nSPS) is 13.0. The van der Waals surface area contributed by atoms with Gasteiger partial charge in [0, 0.05) is 6.04 Å². The van der Waals surface area contributed by atoms with Crippen LogP contribution in [0, 0.1) is 6.92 Å². The zero-order valence-corrected chi connectivity index (χ0v) is 15.1. The van der Waals surface area contributed by atoms with Crippen molar-refractivity contribution in [3.63, 3.8) is 0 Å². The van der Waals surface area contributed by atoms with Crippen molar-refractivity contribution in [1.29, 1.82) is 0 Å². The van der Waals surface area contributed by atoms with Crippen molar-refractivity contribution in [1.82, 2.24) is 4.90 Å². The number of rotatable bonds is 1. The molecule has 0 amide bonds. The fourth-order valence-corrected chi connectivity index (χ4v) is 2.55. The number of hydrogen-bond donors (Lipinski definition) is 0. The van der Waals surface area contributed by atoms with Gasteiger partial charge in [0.05, 0.1) is 10.0 Å². The van der Waals surface area contributed by atoms with Crippen LogP contribution < -0.4 is 0 Å². The highest BCUT2D eigenvalue weighted by molar-refractivity contribution is 6.41. The van der Waals surface area contributed by atoms with Crippen LogP contribution in [-0.2, 0) is 0 Å². The molecule has 0 N–H and O–H groups in total. The topological polar surface area (TPSA) is 3.24 Å². The molecular formula is C20H41Cl2N. The Morgan fingerprint density at radius 2 is 1.35 bits per heavy atom. The van der Waals surface area contributed by atoms with Crippen molar-refractivity contribution in [2.75, 3.05) is 14.1 Å². The molecule has 1 aromatic carbocycles. The molecule has 1 aliphatic rings. The summed E-state index contributed by atoms with van der Waals surface area (Å²) in [4.78, 5) is 2.36. The van der Waals surface area contributed by atoms with Crippen molar-refractivity contribution in [2.45, 2.75) is 81.2 Å². The third-order valence-electron chi connectivity index (χ3n) is 3.38. The smallest absolute Gasteiger partial charge is 0.0594 e. The molecular weight excluding hydrogens is 325 g/mol. The highest BCUT2D eigenvalue weighted by atomic mass is 35.5. The highest BCUT2D eigenvalue weighted by Gasteiger charge is 2.13. The average molecular weight is 366 g/mol. The number of hydrogen-bond acceptors (Lipinski definition) is 1. The van der Waals surface area contributed by atoms with Crippen molar-refractivity contribution < 1.29 is 0 Å². The maximum Gasteiger partial charge on any atom is 0.0594 e. The van der Waals surface area contributed by atoms with Crippen molar-refractivity contribution in [3.05, 3.63) is 33.8 Å². The van der Waals surface area contributed by atoms with E-state index in [0.29, 0.717) is 10.0 Å². The molecule has 140 valence electrons. The van der Waals surface area contributed by atoms with E-state index in [1.807, 2.05) is 32.9 Å². The summed E-state index contributed by atoms with van der Waals surface area (Å²) in [5.74, 6) is 0. The molecule has 3 heteroatoms. The molecule has 0 heterocycles. The Kier molecular flexibility index (Phi) is 24.1. The second-order valence-electron chi connectivity index (χ2n) is 5.17. The van der Waals surface area contributed by atoms with Crippen LogP contribution in [0.1, 0.15) is 73.8 Å². The number of halogens is 2. The molecule has 0 radical (unpaired) electrons. The molecule has 0 spiro atoms. The Bertz CT molecular complexity index is 359. The van der Waals surface area contributed by atoms with Crippen LogP contribution in [0.4, 0.5) is 0 Å². The Morgan fingerprint density at radius 3 is 1.65 bits per heavy atom. The third-order valence-corrected chi connectivity index (χ3v) is 4.12. The standard InChI is InChI=1S/C8H17N.C7H6Cl2.C2H6.3CH4/c1-9(2)8-6-4-3-5-7-8;1-5-2-3-6(8)7(9)4-5;1-2;;;/h8H,3-7H2,1-2H3;2-4H,1H3;1-2H3;3*1H4. The van der Waals surface area contributed by atoms with Gasteiger partial charge in [0.1, 0.15) is 0 Å². The molecule has 0 saturated heterocycles. The van der Waals surface area contributed by atoms with E-state index in [-0.39, 0.29) is 22.3 Å². The third kappa shape index (κ3) is 13.9. The van der Waals surface area contributed by atoms with Gasteiger partial charge in [0.2, 0.25) is 0 Å². The predicted molar refractivity (Wildman–Crippen MR) is 113 cm³/mol. The first-order chi connectivity index (χ1) is 9.50. The Labute approximate surface area is 157 Å². The predicted octanol–water partition coefficient (Wildman–Crippen LogP) is 8.12. The second-order valence-corrected chi connectivity index (χ2v) is 5.99. The molecule has 0 aliphatic heterocycles. The quantitative estimate of drug-likeness (QED) is 0.485. The lowest BCUT2D eigenvalue weighted by atomic mass is 9.95. The van der Waals surface area contributed by atoms with Crippen molar-refractivity contribution >= 4 is 23.2 Å². The first-order valence-corrected chi connectivity index (χ1v) is 8.34. The molecule has 1 aromatic rings. The summed E-state index contributed by atoms with van der Waals surface area (Å²) < 4.78 is 0. The summed E-state index contributed by atoms with van der Waals surface area (Å²) in [5.41, 5.74) is 1.13. The van der Waals surface area contributed by atoms with Gasteiger partial charge in [-0.15, -0.1) is 0 Å². The largest absolute Gasteiger partial charge is 0.306 e. The summed E-state index contributed by atoms with van der Waals surface area (Å²) in [5, 5.41) is 1.24. The van der Waals surface area contributed by atoms with Gasteiger partial charge in [0.15, 0.2) is 0 Å². The second kappa shape index (κ2) is 18.1. The van der Waals surface area contributed by atoms with Crippen LogP contribution in [0.5, 0.6) is 0 Å². The first-order valence-electron chi connectivity index (χ1n) is 7.59. The monoisotopic (exact) mass is 365 g/mol. The summed E-state index contributed by atoms with van der Waals surface area (Å²) >= 11 is 11.3. The van der Waals surface area contributed by atoms with E-state index in [0.717, 1.165) is 11.6 Å². The van der Waals surface area contributed by atoms with E-state index >= 15 is 0 Å². The number of nitrogens with zero attached hydrogens (tertiary/aromatic N) is 1. The Balaban J connectivity index is -0.000000127. The molecule has 23 heavy (non-hydrogen) atoms. The molecule has 1 saturated carbocycles. The van der Waals surface area contributed by atoms with Crippen LogP contribution in [0.2, 0.25) is 10.0 Å². The van der Waals surface area contributed by atoms with E-state index in [9.17, 15) is 0 Å². The Hall–Kier alpha value is -0.240. The summed E-state index contributed by atoms with van der Waals surface area (Å²) in [7, 11) is 4.38. The Morgan fingerprint density at radius 1 is 0.870 bits per heavy atom.